The topological polar surface area (TPSA) is 37.8 Å². The molecule has 0 unspecified atom stereocenters. The number of rotatable bonds is 3. The van der Waals surface area contributed by atoms with E-state index in [4.69, 9.17) is 0 Å². The molecule has 19 heavy (non-hydrogen) atoms. The molecule has 1 aliphatic rings. The second kappa shape index (κ2) is 5.55. The van der Waals surface area contributed by atoms with Crippen LogP contribution in [-0.4, -0.2) is 16.5 Å². The highest BCUT2D eigenvalue weighted by Crippen LogP contribution is 2.28. The van der Waals surface area contributed by atoms with Crippen LogP contribution in [0, 0.1) is 11.8 Å². The van der Waals surface area contributed by atoms with Crippen molar-refractivity contribution in [3.8, 4) is 0 Å². The summed E-state index contributed by atoms with van der Waals surface area (Å²) in [5, 5.41) is 4.64. The highest BCUT2D eigenvalue weighted by Gasteiger charge is 2.18. The Balaban J connectivity index is 1.68. The smallest absolute Gasteiger partial charge is 0.137 e. The average Bonchev–Trinajstić information content (AvgIpc) is 2.47. The van der Waals surface area contributed by atoms with Gasteiger partial charge in [-0.2, -0.15) is 0 Å². The van der Waals surface area contributed by atoms with Crippen molar-refractivity contribution in [2.45, 2.75) is 32.6 Å². The molecule has 2 aromatic rings. The third kappa shape index (κ3) is 2.86. The van der Waals surface area contributed by atoms with Crippen LogP contribution in [0.2, 0.25) is 0 Å². The van der Waals surface area contributed by atoms with E-state index < -0.39 is 0 Å². The monoisotopic (exact) mass is 255 g/mol. The molecule has 1 aromatic carbocycles. The van der Waals surface area contributed by atoms with E-state index in [0.29, 0.717) is 0 Å². The van der Waals surface area contributed by atoms with Gasteiger partial charge in [0.1, 0.15) is 12.1 Å². The van der Waals surface area contributed by atoms with Crippen LogP contribution < -0.4 is 5.32 Å². The van der Waals surface area contributed by atoms with Gasteiger partial charge in [-0.05, 0) is 36.8 Å². The summed E-state index contributed by atoms with van der Waals surface area (Å²) in [4.78, 5) is 8.68. The summed E-state index contributed by atoms with van der Waals surface area (Å²) in [5.74, 6) is 2.69. The highest BCUT2D eigenvalue weighted by atomic mass is 15.0. The van der Waals surface area contributed by atoms with Gasteiger partial charge in [0, 0.05) is 11.9 Å². The minimum atomic E-state index is 0.796. The fourth-order valence-corrected chi connectivity index (χ4v) is 2.92. The molecule has 0 radical (unpaired) electrons. The lowest BCUT2D eigenvalue weighted by molar-refractivity contribution is 0.300. The largest absolute Gasteiger partial charge is 0.369 e. The third-order valence-corrected chi connectivity index (χ3v) is 4.24. The minimum Gasteiger partial charge on any atom is -0.369 e. The maximum atomic E-state index is 4.38. The summed E-state index contributed by atoms with van der Waals surface area (Å²) < 4.78 is 0. The van der Waals surface area contributed by atoms with Gasteiger partial charge in [0.25, 0.3) is 0 Å². The minimum absolute atomic E-state index is 0.796. The van der Waals surface area contributed by atoms with E-state index in [9.17, 15) is 0 Å². The molecule has 1 fully saturated rings. The number of aromatic nitrogens is 2. The van der Waals surface area contributed by atoms with Gasteiger partial charge in [0.15, 0.2) is 0 Å². The van der Waals surface area contributed by atoms with Gasteiger partial charge in [0.2, 0.25) is 0 Å². The first kappa shape index (κ1) is 12.4. The van der Waals surface area contributed by atoms with Crippen LogP contribution in [0.3, 0.4) is 0 Å². The molecule has 3 heteroatoms. The Morgan fingerprint density at radius 3 is 2.74 bits per heavy atom. The fraction of sp³-hybridized carbons (Fsp3) is 0.500. The zero-order valence-corrected chi connectivity index (χ0v) is 11.5. The number of hydrogen-bond acceptors (Lipinski definition) is 3. The molecule has 0 atom stereocenters. The summed E-state index contributed by atoms with van der Waals surface area (Å²) in [5.41, 5.74) is 1.01. The highest BCUT2D eigenvalue weighted by molar-refractivity contribution is 5.88. The number of nitrogens with one attached hydrogen (secondary N) is 1. The van der Waals surface area contributed by atoms with Gasteiger partial charge in [-0.1, -0.05) is 31.9 Å². The number of nitrogens with zero attached hydrogens (tertiary/aromatic N) is 2. The maximum absolute atomic E-state index is 4.38. The van der Waals surface area contributed by atoms with Gasteiger partial charge in [-0.3, -0.25) is 0 Å². The van der Waals surface area contributed by atoms with Crippen molar-refractivity contribution in [2.24, 2.45) is 11.8 Å². The zero-order valence-electron chi connectivity index (χ0n) is 11.5. The Morgan fingerprint density at radius 1 is 1.11 bits per heavy atom. The summed E-state index contributed by atoms with van der Waals surface area (Å²) >= 11 is 0. The van der Waals surface area contributed by atoms with Crippen LogP contribution in [0.15, 0.2) is 30.6 Å². The van der Waals surface area contributed by atoms with E-state index in [1.54, 1.807) is 6.33 Å². The van der Waals surface area contributed by atoms with Crippen molar-refractivity contribution >= 4 is 16.7 Å². The standard InChI is InChI=1S/C16H21N3/c1-12-6-8-13(9-7-12)10-17-16-14-4-2-3-5-15(14)18-11-19-16/h2-5,11-13H,6-10H2,1H3,(H,17,18,19). The Labute approximate surface area is 114 Å². The Kier molecular flexibility index (Phi) is 3.62. The van der Waals surface area contributed by atoms with E-state index in [2.05, 4.69) is 28.3 Å². The van der Waals surface area contributed by atoms with Crippen molar-refractivity contribution < 1.29 is 0 Å². The molecule has 0 bridgehead atoms. The van der Waals surface area contributed by atoms with E-state index in [0.717, 1.165) is 35.1 Å². The van der Waals surface area contributed by atoms with Gasteiger partial charge < -0.3 is 5.32 Å². The zero-order chi connectivity index (χ0) is 13.1. The summed E-state index contributed by atoms with van der Waals surface area (Å²) in [6.45, 7) is 3.40. The van der Waals surface area contributed by atoms with E-state index in [-0.39, 0.29) is 0 Å². The second-order valence-electron chi connectivity index (χ2n) is 5.75. The van der Waals surface area contributed by atoms with Crippen molar-refractivity contribution in [2.75, 3.05) is 11.9 Å². The first-order valence-electron chi connectivity index (χ1n) is 7.26. The predicted octanol–water partition coefficient (Wildman–Crippen LogP) is 3.87. The van der Waals surface area contributed by atoms with Crippen LogP contribution in [-0.2, 0) is 0 Å². The molecule has 1 aromatic heterocycles. The first-order valence-corrected chi connectivity index (χ1v) is 7.26. The molecule has 0 saturated heterocycles. The molecule has 3 rings (SSSR count). The first-order chi connectivity index (χ1) is 9.33. The molecule has 0 amide bonds. The maximum Gasteiger partial charge on any atom is 0.137 e. The average molecular weight is 255 g/mol. The fourth-order valence-electron chi connectivity index (χ4n) is 2.92. The molecule has 3 nitrogen and oxygen atoms in total. The number of benzene rings is 1. The van der Waals surface area contributed by atoms with Gasteiger partial charge in [-0.15, -0.1) is 0 Å². The van der Waals surface area contributed by atoms with Gasteiger partial charge in [-0.25, -0.2) is 9.97 Å². The van der Waals surface area contributed by atoms with E-state index in [1.165, 1.54) is 25.7 Å². The lowest BCUT2D eigenvalue weighted by Crippen LogP contribution is -2.20. The van der Waals surface area contributed by atoms with E-state index in [1.807, 2.05) is 18.2 Å². The molecule has 1 heterocycles. The van der Waals surface area contributed by atoms with Crippen molar-refractivity contribution in [3.63, 3.8) is 0 Å². The van der Waals surface area contributed by atoms with Crippen molar-refractivity contribution in [3.05, 3.63) is 30.6 Å². The SMILES string of the molecule is CC1CCC(CNc2ncnc3ccccc23)CC1. The third-order valence-electron chi connectivity index (χ3n) is 4.24. The number of anilines is 1. The molecule has 0 aliphatic heterocycles. The summed E-state index contributed by atoms with van der Waals surface area (Å²) in [6, 6.07) is 8.17. The Bertz CT molecular complexity index is 539. The van der Waals surface area contributed by atoms with Crippen LogP contribution >= 0.6 is 0 Å². The van der Waals surface area contributed by atoms with Crippen LogP contribution in [0.25, 0.3) is 10.9 Å². The van der Waals surface area contributed by atoms with Crippen molar-refractivity contribution in [1.82, 2.24) is 9.97 Å². The predicted molar refractivity (Wildman–Crippen MR) is 79.1 cm³/mol. The van der Waals surface area contributed by atoms with Gasteiger partial charge in [0.05, 0.1) is 5.52 Å². The number of hydrogen-bond donors (Lipinski definition) is 1. The van der Waals surface area contributed by atoms with Crippen LogP contribution in [0.1, 0.15) is 32.6 Å². The molecule has 1 N–H and O–H groups in total. The lowest BCUT2D eigenvalue weighted by Gasteiger charge is -2.26. The van der Waals surface area contributed by atoms with Crippen LogP contribution in [0.5, 0.6) is 0 Å². The molecule has 1 saturated carbocycles. The van der Waals surface area contributed by atoms with E-state index >= 15 is 0 Å². The Morgan fingerprint density at radius 2 is 1.89 bits per heavy atom. The van der Waals surface area contributed by atoms with Gasteiger partial charge >= 0.3 is 0 Å². The molecule has 0 spiro atoms. The quantitative estimate of drug-likeness (QED) is 0.904. The number of para-hydroxylation sites is 1. The van der Waals surface area contributed by atoms with Crippen LogP contribution in [0.4, 0.5) is 5.82 Å². The molecule has 100 valence electrons. The molecular weight excluding hydrogens is 234 g/mol. The summed E-state index contributed by atoms with van der Waals surface area (Å²) in [7, 11) is 0. The Hall–Kier alpha value is -1.64. The molecule has 1 aliphatic carbocycles. The van der Waals surface area contributed by atoms with Crippen molar-refractivity contribution in [1.29, 1.82) is 0 Å². The number of fused-ring (bicyclic) bond motifs is 1. The summed E-state index contributed by atoms with van der Waals surface area (Å²) in [6.07, 6.45) is 7.08. The normalized spacial score (nSPS) is 23.4. The second-order valence-corrected chi connectivity index (χ2v) is 5.75. The lowest BCUT2D eigenvalue weighted by atomic mass is 9.83. The molecular formula is C16H21N3.